The molecule has 4 nitrogen and oxygen atoms in total. The Morgan fingerprint density at radius 2 is 1.83 bits per heavy atom. The first kappa shape index (κ1) is 15.4. The summed E-state index contributed by atoms with van der Waals surface area (Å²) in [5, 5.41) is 11.8. The minimum atomic E-state index is 0.284. The highest BCUT2D eigenvalue weighted by Gasteiger charge is 2.18. The minimum Gasteiger partial charge on any atom is -0.493 e. The van der Waals surface area contributed by atoms with E-state index in [9.17, 15) is 0 Å². The van der Waals surface area contributed by atoms with Crippen molar-refractivity contribution < 1.29 is 14.7 Å². The van der Waals surface area contributed by atoms with Gasteiger partial charge >= 0.3 is 0 Å². The highest BCUT2D eigenvalue weighted by Crippen LogP contribution is 2.35. The number of nitrogens with zero attached hydrogens (tertiary/aromatic N) is 1. The molecule has 0 atom stereocenters. The van der Waals surface area contributed by atoms with Crippen molar-refractivity contribution in [2.45, 2.75) is 31.8 Å². The van der Waals surface area contributed by atoms with Crippen LogP contribution >= 0.6 is 0 Å². The van der Waals surface area contributed by atoms with Crippen LogP contribution in [0.5, 0.6) is 11.5 Å². The number of ether oxygens (including phenoxy) is 2. The summed E-state index contributed by atoms with van der Waals surface area (Å²) in [7, 11) is 1.66. The third-order valence-corrected chi connectivity index (χ3v) is 4.19. The van der Waals surface area contributed by atoms with Gasteiger partial charge in [-0.1, -0.05) is 29.4 Å². The molecular weight excluding hydrogens is 290 g/mol. The lowest BCUT2D eigenvalue weighted by molar-refractivity contribution is 0.201. The fraction of sp³-hybridized carbons (Fsp3) is 0.316. The summed E-state index contributed by atoms with van der Waals surface area (Å²) in [5.41, 5.74) is 2.94. The quantitative estimate of drug-likeness (QED) is 0.503. The lowest BCUT2D eigenvalue weighted by Gasteiger charge is -2.17. The molecule has 2 aromatic carbocycles. The van der Waals surface area contributed by atoms with Gasteiger partial charge in [0.1, 0.15) is 0 Å². The summed E-state index contributed by atoms with van der Waals surface area (Å²) < 4.78 is 11.6. The standard InChI is InChI=1S/C19H21NO3/c1-22-18-10-9-16(12-19(18)23-17-7-2-3-8-17)15-6-4-5-14(11-15)13-20-21/h4-6,9-13,17,21H,2-3,7-8H2,1H3/b20-13-. The van der Waals surface area contributed by atoms with Gasteiger partial charge in [-0.15, -0.1) is 0 Å². The first-order valence-electron chi connectivity index (χ1n) is 7.92. The maximum Gasteiger partial charge on any atom is 0.162 e. The zero-order valence-electron chi connectivity index (χ0n) is 13.2. The third-order valence-electron chi connectivity index (χ3n) is 4.19. The number of hydrogen-bond donors (Lipinski definition) is 1. The van der Waals surface area contributed by atoms with Crippen molar-refractivity contribution in [2.24, 2.45) is 5.16 Å². The average Bonchev–Trinajstić information content (AvgIpc) is 3.08. The van der Waals surface area contributed by atoms with E-state index in [1.165, 1.54) is 19.1 Å². The van der Waals surface area contributed by atoms with Crippen LogP contribution in [-0.4, -0.2) is 24.6 Å². The molecule has 1 N–H and O–H groups in total. The topological polar surface area (TPSA) is 51.0 Å². The van der Waals surface area contributed by atoms with Gasteiger partial charge < -0.3 is 14.7 Å². The number of hydrogen-bond acceptors (Lipinski definition) is 4. The van der Waals surface area contributed by atoms with Crippen molar-refractivity contribution in [3.8, 4) is 22.6 Å². The molecule has 120 valence electrons. The van der Waals surface area contributed by atoms with E-state index >= 15 is 0 Å². The summed E-state index contributed by atoms with van der Waals surface area (Å²) in [6, 6.07) is 13.8. The fourth-order valence-corrected chi connectivity index (χ4v) is 3.00. The van der Waals surface area contributed by atoms with Crippen LogP contribution < -0.4 is 9.47 Å². The van der Waals surface area contributed by atoms with Crippen LogP contribution in [-0.2, 0) is 0 Å². The number of benzene rings is 2. The first-order valence-corrected chi connectivity index (χ1v) is 7.92. The zero-order chi connectivity index (χ0) is 16.1. The van der Waals surface area contributed by atoms with Gasteiger partial charge in [-0.05, 0) is 60.6 Å². The van der Waals surface area contributed by atoms with Crippen molar-refractivity contribution >= 4 is 6.21 Å². The maximum atomic E-state index is 8.69. The summed E-state index contributed by atoms with van der Waals surface area (Å²) >= 11 is 0. The normalized spacial score (nSPS) is 15.2. The number of methoxy groups -OCH3 is 1. The minimum absolute atomic E-state index is 0.284. The van der Waals surface area contributed by atoms with Crippen molar-refractivity contribution in [3.63, 3.8) is 0 Å². The molecule has 23 heavy (non-hydrogen) atoms. The van der Waals surface area contributed by atoms with Crippen LogP contribution in [0.1, 0.15) is 31.2 Å². The van der Waals surface area contributed by atoms with Crippen molar-refractivity contribution in [2.75, 3.05) is 7.11 Å². The SMILES string of the molecule is COc1ccc(-c2cccc(/C=N\O)c2)cc1OC1CCCC1. The van der Waals surface area contributed by atoms with Crippen molar-refractivity contribution in [3.05, 3.63) is 48.0 Å². The Kier molecular flexibility index (Phi) is 4.81. The lowest BCUT2D eigenvalue weighted by Crippen LogP contribution is -2.11. The Morgan fingerprint density at radius 1 is 1.04 bits per heavy atom. The van der Waals surface area contributed by atoms with Crippen LogP contribution in [0.25, 0.3) is 11.1 Å². The second kappa shape index (κ2) is 7.18. The number of rotatable bonds is 5. The largest absolute Gasteiger partial charge is 0.493 e. The second-order valence-electron chi connectivity index (χ2n) is 5.76. The molecule has 0 aromatic heterocycles. The van der Waals surface area contributed by atoms with E-state index in [2.05, 4.69) is 5.16 Å². The van der Waals surface area contributed by atoms with Crippen molar-refractivity contribution in [1.29, 1.82) is 0 Å². The molecule has 1 aliphatic rings. The van der Waals surface area contributed by atoms with Gasteiger partial charge in [-0.3, -0.25) is 0 Å². The van der Waals surface area contributed by atoms with Gasteiger partial charge in [0, 0.05) is 0 Å². The van der Waals surface area contributed by atoms with E-state index in [0.717, 1.165) is 41.0 Å². The van der Waals surface area contributed by atoms with Crippen molar-refractivity contribution in [1.82, 2.24) is 0 Å². The summed E-state index contributed by atoms with van der Waals surface area (Å²) in [4.78, 5) is 0. The Hall–Kier alpha value is -2.49. The van der Waals surface area contributed by atoms with Crippen LogP contribution in [0.4, 0.5) is 0 Å². The molecule has 0 aliphatic heterocycles. The average molecular weight is 311 g/mol. The van der Waals surface area contributed by atoms with E-state index in [1.54, 1.807) is 7.11 Å². The van der Waals surface area contributed by atoms with Gasteiger partial charge in [0.15, 0.2) is 11.5 Å². The van der Waals surface area contributed by atoms with Crippen LogP contribution in [0.2, 0.25) is 0 Å². The van der Waals surface area contributed by atoms with E-state index in [1.807, 2.05) is 42.5 Å². The molecule has 0 unspecified atom stereocenters. The van der Waals surface area contributed by atoms with E-state index in [-0.39, 0.29) is 6.10 Å². The molecule has 1 saturated carbocycles. The van der Waals surface area contributed by atoms with E-state index in [0.29, 0.717) is 0 Å². The fourth-order valence-electron chi connectivity index (χ4n) is 3.00. The zero-order valence-corrected chi connectivity index (χ0v) is 13.2. The van der Waals surface area contributed by atoms with Crippen LogP contribution in [0, 0.1) is 0 Å². The Labute approximate surface area is 136 Å². The van der Waals surface area contributed by atoms with Gasteiger partial charge in [0.2, 0.25) is 0 Å². The summed E-state index contributed by atoms with van der Waals surface area (Å²) in [5.74, 6) is 1.55. The third kappa shape index (κ3) is 3.65. The molecule has 4 heteroatoms. The highest BCUT2D eigenvalue weighted by molar-refractivity contribution is 5.82. The molecule has 0 spiro atoms. The Morgan fingerprint density at radius 3 is 2.57 bits per heavy atom. The molecule has 0 radical (unpaired) electrons. The Bertz CT molecular complexity index is 691. The lowest BCUT2D eigenvalue weighted by atomic mass is 10.0. The van der Waals surface area contributed by atoms with Gasteiger partial charge in [-0.2, -0.15) is 0 Å². The van der Waals surface area contributed by atoms with Gasteiger partial charge in [0.05, 0.1) is 19.4 Å². The highest BCUT2D eigenvalue weighted by atomic mass is 16.5. The summed E-state index contributed by atoms with van der Waals surface area (Å²) in [6.07, 6.45) is 6.38. The molecule has 1 aliphatic carbocycles. The van der Waals surface area contributed by atoms with E-state index < -0.39 is 0 Å². The molecule has 1 fully saturated rings. The molecule has 0 saturated heterocycles. The molecule has 0 bridgehead atoms. The predicted octanol–water partition coefficient (Wildman–Crippen LogP) is 4.49. The van der Waals surface area contributed by atoms with Gasteiger partial charge in [-0.25, -0.2) is 0 Å². The molecule has 0 amide bonds. The Balaban J connectivity index is 1.91. The summed E-state index contributed by atoms with van der Waals surface area (Å²) in [6.45, 7) is 0. The molecule has 2 aromatic rings. The second-order valence-corrected chi connectivity index (χ2v) is 5.76. The molecule has 3 rings (SSSR count). The number of oxime groups is 1. The first-order chi connectivity index (χ1) is 11.3. The monoisotopic (exact) mass is 311 g/mol. The maximum absolute atomic E-state index is 8.69. The molecular formula is C19H21NO3. The van der Waals surface area contributed by atoms with E-state index in [4.69, 9.17) is 14.7 Å². The predicted molar refractivity (Wildman–Crippen MR) is 90.7 cm³/mol. The van der Waals surface area contributed by atoms with Crippen LogP contribution in [0.15, 0.2) is 47.6 Å². The van der Waals surface area contributed by atoms with Crippen LogP contribution in [0.3, 0.4) is 0 Å². The molecule has 0 heterocycles. The smallest absolute Gasteiger partial charge is 0.162 e. The van der Waals surface area contributed by atoms with Gasteiger partial charge in [0.25, 0.3) is 0 Å².